The van der Waals surface area contributed by atoms with Crippen molar-refractivity contribution in [2.75, 3.05) is 40.5 Å². The fourth-order valence-electron chi connectivity index (χ4n) is 3.30. The number of ether oxygens (including phenoxy) is 1. The molecule has 0 bridgehead atoms. The second kappa shape index (κ2) is 7.94. The van der Waals surface area contributed by atoms with Crippen molar-refractivity contribution >= 4 is 24.4 Å². The number of morpholine rings is 1. The molecule has 24 heavy (non-hydrogen) atoms. The lowest BCUT2D eigenvalue weighted by atomic mass is 10.1. The average Bonchev–Trinajstić information content (AvgIpc) is 3.07. The van der Waals surface area contributed by atoms with E-state index in [2.05, 4.69) is 35.2 Å². The van der Waals surface area contributed by atoms with Crippen LogP contribution in [0.4, 0.5) is 0 Å². The van der Waals surface area contributed by atoms with Crippen molar-refractivity contribution in [2.24, 2.45) is 0 Å². The molecular weight excluding hydrogens is 341 g/mol. The highest BCUT2D eigenvalue weighted by atomic mass is 32.5. The zero-order valence-electron chi connectivity index (χ0n) is 14.2. The molecule has 1 aliphatic carbocycles. The summed E-state index contributed by atoms with van der Waals surface area (Å²) in [5.74, 6) is 0. The van der Waals surface area contributed by atoms with Gasteiger partial charge >= 0.3 is 0 Å². The monoisotopic (exact) mass is 365 g/mol. The van der Waals surface area contributed by atoms with E-state index in [1.807, 2.05) is 6.07 Å². The van der Waals surface area contributed by atoms with Gasteiger partial charge in [0.1, 0.15) is 0 Å². The first kappa shape index (κ1) is 17.8. The number of hydrogen-bond donors (Lipinski definition) is 0. The SMILES string of the molecule is COP(=S)(OC)C1=C(N2CCOCC2)/C(=C\c2ccccc2)CC1. The van der Waals surface area contributed by atoms with E-state index in [1.165, 1.54) is 16.8 Å². The summed E-state index contributed by atoms with van der Waals surface area (Å²) < 4.78 is 16.8. The third-order valence-corrected chi connectivity index (χ3v) is 8.10. The van der Waals surface area contributed by atoms with Crippen LogP contribution in [-0.2, 0) is 25.6 Å². The van der Waals surface area contributed by atoms with Crippen LogP contribution >= 0.6 is 6.49 Å². The van der Waals surface area contributed by atoms with Gasteiger partial charge in [-0.05, 0) is 41.9 Å². The van der Waals surface area contributed by atoms with Crippen LogP contribution in [0.2, 0.25) is 0 Å². The molecular formula is C18H24NO3PS. The molecule has 6 heteroatoms. The minimum atomic E-state index is -2.40. The first-order valence-electron chi connectivity index (χ1n) is 8.22. The molecule has 1 aromatic rings. The van der Waals surface area contributed by atoms with E-state index in [0.717, 1.165) is 44.5 Å². The molecule has 1 aliphatic heterocycles. The highest BCUT2D eigenvalue weighted by molar-refractivity contribution is 8.11. The molecule has 0 radical (unpaired) electrons. The van der Waals surface area contributed by atoms with Gasteiger partial charge in [0.2, 0.25) is 6.49 Å². The van der Waals surface area contributed by atoms with Gasteiger partial charge < -0.3 is 18.7 Å². The zero-order valence-corrected chi connectivity index (χ0v) is 15.9. The summed E-state index contributed by atoms with van der Waals surface area (Å²) in [5.41, 5.74) is 3.76. The molecule has 3 rings (SSSR count). The van der Waals surface area contributed by atoms with Crippen LogP contribution in [0.15, 0.2) is 46.9 Å². The maximum absolute atomic E-state index is 5.75. The molecule has 0 spiro atoms. The summed E-state index contributed by atoms with van der Waals surface area (Å²) in [6.07, 6.45) is 4.15. The Labute approximate surface area is 149 Å². The van der Waals surface area contributed by atoms with Crippen molar-refractivity contribution in [3.63, 3.8) is 0 Å². The van der Waals surface area contributed by atoms with E-state index in [-0.39, 0.29) is 0 Å². The van der Waals surface area contributed by atoms with Crippen LogP contribution in [0.5, 0.6) is 0 Å². The van der Waals surface area contributed by atoms with Crippen molar-refractivity contribution < 1.29 is 13.8 Å². The molecule has 1 heterocycles. The molecule has 4 nitrogen and oxygen atoms in total. The Hall–Kier alpha value is -0.970. The molecule has 0 amide bonds. The maximum Gasteiger partial charge on any atom is 0.217 e. The Morgan fingerprint density at radius 1 is 1.08 bits per heavy atom. The van der Waals surface area contributed by atoms with Crippen molar-refractivity contribution in [2.45, 2.75) is 12.8 Å². The van der Waals surface area contributed by atoms with E-state index in [1.54, 1.807) is 14.2 Å². The topological polar surface area (TPSA) is 30.9 Å². The van der Waals surface area contributed by atoms with Crippen LogP contribution in [0, 0.1) is 0 Å². The molecule has 0 unspecified atom stereocenters. The molecule has 0 aromatic heterocycles. The Kier molecular flexibility index (Phi) is 5.90. The van der Waals surface area contributed by atoms with Gasteiger partial charge in [0.15, 0.2) is 0 Å². The molecule has 1 saturated heterocycles. The second-order valence-corrected chi connectivity index (χ2v) is 9.54. The number of rotatable bonds is 5. The molecule has 130 valence electrons. The third kappa shape index (κ3) is 3.66. The fraction of sp³-hybridized carbons (Fsp3) is 0.444. The van der Waals surface area contributed by atoms with Crippen LogP contribution in [-0.4, -0.2) is 45.4 Å². The largest absolute Gasteiger partial charge is 0.378 e. The van der Waals surface area contributed by atoms with Crippen LogP contribution in [0.25, 0.3) is 6.08 Å². The summed E-state index contributed by atoms with van der Waals surface area (Å²) in [4.78, 5) is 2.39. The number of hydrogen-bond acceptors (Lipinski definition) is 5. The van der Waals surface area contributed by atoms with Crippen LogP contribution < -0.4 is 0 Å². The number of benzene rings is 1. The predicted octanol–water partition coefficient (Wildman–Crippen LogP) is 4.01. The first-order chi connectivity index (χ1) is 11.7. The summed E-state index contributed by atoms with van der Waals surface area (Å²) in [6, 6.07) is 10.4. The zero-order chi connectivity index (χ0) is 17.0. The molecule has 2 aliphatic rings. The minimum absolute atomic E-state index is 0.748. The highest BCUT2D eigenvalue weighted by Gasteiger charge is 2.34. The first-order valence-corrected chi connectivity index (χ1v) is 10.9. The van der Waals surface area contributed by atoms with Gasteiger partial charge in [-0.2, -0.15) is 0 Å². The van der Waals surface area contributed by atoms with Crippen molar-refractivity contribution in [3.05, 3.63) is 52.5 Å². The standard InChI is InChI=1S/C18H24NO3PS/c1-20-23(24,21-2)17-9-8-16(14-15-6-4-3-5-7-15)18(17)19-10-12-22-13-11-19/h3-7,14H,8-13H2,1-2H3/b16-14-. The summed E-state index contributed by atoms with van der Waals surface area (Å²) in [5, 5.41) is 1.16. The van der Waals surface area contributed by atoms with Gasteiger partial charge in [-0.1, -0.05) is 30.3 Å². The van der Waals surface area contributed by atoms with E-state index >= 15 is 0 Å². The van der Waals surface area contributed by atoms with E-state index < -0.39 is 6.49 Å². The summed E-state index contributed by atoms with van der Waals surface area (Å²) in [6.45, 7) is 0.858. The maximum atomic E-state index is 5.75. The van der Waals surface area contributed by atoms with Gasteiger partial charge in [-0.3, -0.25) is 0 Å². The quantitative estimate of drug-likeness (QED) is 0.736. The normalized spacial score (nSPS) is 20.9. The second-order valence-electron chi connectivity index (χ2n) is 5.84. The number of nitrogens with zero attached hydrogens (tertiary/aromatic N) is 1. The molecule has 0 atom stereocenters. The molecule has 0 N–H and O–H groups in total. The number of allylic oxidation sites excluding steroid dienone is 2. The Morgan fingerprint density at radius 2 is 1.75 bits per heavy atom. The molecule has 1 aromatic carbocycles. The lowest BCUT2D eigenvalue weighted by Crippen LogP contribution is -2.36. The lowest BCUT2D eigenvalue weighted by Gasteiger charge is -2.33. The van der Waals surface area contributed by atoms with Gasteiger partial charge in [0, 0.05) is 38.3 Å². The summed E-state index contributed by atoms with van der Waals surface area (Å²) >= 11 is 5.75. The Bertz CT molecular complexity index is 673. The predicted molar refractivity (Wildman–Crippen MR) is 101 cm³/mol. The van der Waals surface area contributed by atoms with Crippen LogP contribution in [0.1, 0.15) is 18.4 Å². The van der Waals surface area contributed by atoms with Gasteiger partial charge in [-0.25, -0.2) is 0 Å². The molecule has 1 fully saturated rings. The highest BCUT2D eigenvalue weighted by Crippen LogP contribution is 2.61. The fourth-order valence-corrected chi connectivity index (χ4v) is 5.35. The molecule has 0 saturated carbocycles. The third-order valence-electron chi connectivity index (χ3n) is 4.49. The van der Waals surface area contributed by atoms with Crippen LogP contribution in [0.3, 0.4) is 0 Å². The average molecular weight is 365 g/mol. The minimum Gasteiger partial charge on any atom is -0.378 e. The van der Waals surface area contributed by atoms with Gasteiger partial charge in [0.25, 0.3) is 0 Å². The van der Waals surface area contributed by atoms with E-state index in [0.29, 0.717) is 0 Å². The van der Waals surface area contributed by atoms with E-state index in [9.17, 15) is 0 Å². The Balaban J connectivity index is 2.05. The summed E-state index contributed by atoms with van der Waals surface area (Å²) in [7, 11) is 3.32. The lowest BCUT2D eigenvalue weighted by molar-refractivity contribution is 0.0548. The van der Waals surface area contributed by atoms with Gasteiger partial charge in [0.05, 0.1) is 13.2 Å². The van der Waals surface area contributed by atoms with Gasteiger partial charge in [-0.15, -0.1) is 0 Å². The van der Waals surface area contributed by atoms with E-state index in [4.69, 9.17) is 25.6 Å². The van der Waals surface area contributed by atoms with Crippen molar-refractivity contribution in [3.8, 4) is 0 Å². The smallest absolute Gasteiger partial charge is 0.217 e. The van der Waals surface area contributed by atoms with Crippen molar-refractivity contribution in [1.82, 2.24) is 4.90 Å². The Morgan fingerprint density at radius 3 is 2.38 bits per heavy atom. The van der Waals surface area contributed by atoms with Crippen molar-refractivity contribution in [1.29, 1.82) is 0 Å².